The molecule has 3 rings (SSSR count). The maximum Gasteiger partial charge on any atom is 0.322 e. The smallest absolute Gasteiger partial charge is 0.322 e. The van der Waals surface area contributed by atoms with E-state index in [0.717, 1.165) is 12.0 Å². The Balaban J connectivity index is 1.54. The summed E-state index contributed by atoms with van der Waals surface area (Å²) in [5.41, 5.74) is 2.08. The molecule has 146 valence electrons. The Morgan fingerprint density at radius 3 is 2.36 bits per heavy atom. The number of hydrogen-bond acceptors (Lipinski definition) is 6. The van der Waals surface area contributed by atoms with Crippen LogP contribution in [0.1, 0.15) is 23.9 Å². The molecule has 1 aromatic heterocycles. The predicted molar refractivity (Wildman–Crippen MR) is 105 cm³/mol. The van der Waals surface area contributed by atoms with Gasteiger partial charge in [0.1, 0.15) is 0 Å². The average Bonchev–Trinajstić information content (AvgIpc) is 3.15. The van der Waals surface area contributed by atoms with Crippen LogP contribution in [0.5, 0.6) is 0 Å². The standard InChI is InChI=1S/C20H21N3O4S/c1-2-15-8-10-16(11-9-15)14-18(24)21-20-23-22-19(27-20)12-13-28(25,26)17-6-4-3-5-7-17/h3-11H,2,12-14H2,1H3,(H,21,23,24). The molecule has 3 aromatic rings. The Morgan fingerprint density at radius 1 is 1.00 bits per heavy atom. The number of benzene rings is 2. The lowest BCUT2D eigenvalue weighted by Gasteiger charge is -2.03. The lowest BCUT2D eigenvalue weighted by molar-refractivity contribution is -0.115. The van der Waals surface area contributed by atoms with Gasteiger partial charge >= 0.3 is 6.01 Å². The van der Waals surface area contributed by atoms with E-state index in [9.17, 15) is 13.2 Å². The molecule has 0 aliphatic carbocycles. The summed E-state index contributed by atoms with van der Waals surface area (Å²) >= 11 is 0. The van der Waals surface area contributed by atoms with Gasteiger partial charge in [0.05, 0.1) is 17.1 Å². The minimum Gasteiger partial charge on any atom is -0.408 e. The highest BCUT2D eigenvalue weighted by Crippen LogP contribution is 2.14. The normalized spacial score (nSPS) is 11.3. The predicted octanol–water partition coefficient (Wildman–Crippen LogP) is 2.83. The summed E-state index contributed by atoms with van der Waals surface area (Å²) in [6, 6.07) is 15.9. The number of rotatable bonds is 8. The van der Waals surface area contributed by atoms with Crippen molar-refractivity contribution in [3.8, 4) is 0 Å². The number of amides is 1. The van der Waals surface area contributed by atoms with E-state index in [0.29, 0.717) is 0 Å². The second-order valence-electron chi connectivity index (χ2n) is 6.28. The zero-order valence-electron chi connectivity index (χ0n) is 15.5. The van der Waals surface area contributed by atoms with Crippen molar-refractivity contribution in [1.82, 2.24) is 10.2 Å². The van der Waals surface area contributed by atoms with Crippen molar-refractivity contribution in [3.63, 3.8) is 0 Å². The van der Waals surface area contributed by atoms with Crippen LogP contribution in [0.3, 0.4) is 0 Å². The summed E-state index contributed by atoms with van der Waals surface area (Å²) < 4.78 is 29.9. The molecule has 1 heterocycles. The van der Waals surface area contributed by atoms with Gasteiger partial charge in [0, 0.05) is 6.42 Å². The first-order chi connectivity index (χ1) is 13.5. The number of carbonyl (C=O) groups excluding carboxylic acids is 1. The highest BCUT2D eigenvalue weighted by atomic mass is 32.2. The lowest BCUT2D eigenvalue weighted by atomic mass is 10.1. The number of nitrogens with one attached hydrogen (secondary N) is 1. The average molecular weight is 399 g/mol. The van der Waals surface area contributed by atoms with Gasteiger partial charge in [0.2, 0.25) is 11.8 Å². The molecule has 0 fully saturated rings. The molecular formula is C20H21N3O4S. The van der Waals surface area contributed by atoms with Crippen LogP contribution in [0.4, 0.5) is 6.01 Å². The number of sulfone groups is 1. The van der Waals surface area contributed by atoms with Crippen LogP contribution in [-0.2, 0) is 33.9 Å². The molecule has 28 heavy (non-hydrogen) atoms. The zero-order valence-corrected chi connectivity index (χ0v) is 16.3. The molecular weight excluding hydrogens is 378 g/mol. The SMILES string of the molecule is CCc1ccc(CC(=O)Nc2nnc(CCS(=O)(=O)c3ccccc3)o2)cc1. The number of nitrogens with zero attached hydrogens (tertiary/aromatic N) is 2. The molecule has 2 aromatic carbocycles. The molecule has 0 unspecified atom stereocenters. The van der Waals surface area contributed by atoms with Gasteiger partial charge in [0.25, 0.3) is 0 Å². The minimum absolute atomic E-state index is 0.0395. The van der Waals surface area contributed by atoms with Gasteiger partial charge in [0.15, 0.2) is 9.84 Å². The fourth-order valence-electron chi connectivity index (χ4n) is 2.61. The van der Waals surface area contributed by atoms with E-state index in [2.05, 4.69) is 22.4 Å². The minimum atomic E-state index is -3.43. The fraction of sp³-hybridized carbons (Fsp3) is 0.250. The van der Waals surface area contributed by atoms with Crippen molar-refractivity contribution in [1.29, 1.82) is 0 Å². The molecule has 0 saturated carbocycles. The Bertz CT molecular complexity index is 1030. The molecule has 7 nitrogen and oxygen atoms in total. The maximum atomic E-state index is 12.3. The highest BCUT2D eigenvalue weighted by Gasteiger charge is 2.17. The van der Waals surface area contributed by atoms with E-state index in [-0.39, 0.29) is 41.3 Å². The monoisotopic (exact) mass is 399 g/mol. The van der Waals surface area contributed by atoms with Gasteiger partial charge < -0.3 is 4.42 Å². The van der Waals surface area contributed by atoms with Gasteiger partial charge in [-0.1, -0.05) is 54.5 Å². The number of carbonyl (C=O) groups is 1. The number of aromatic nitrogens is 2. The molecule has 1 amide bonds. The molecule has 0 spiro atoms. The van der Waals surface area contributed by atoms with Crippen molar-refractivity contribution in [2.75, 3.05) is 11.1 Å². The summed E-state index contributed by atoms with van der Waals surface area (Å²) in [5, 5.41) is 10.1. The van der Waals surface area contributed by atoms with E-state index in [1.807, 2.05) is 24.3 Å². The Morgan fingerprint density at radius 2 is 1.68 bits per heavy atom. The zero-order chi connectivity index (χ0) is 20.0. The van der Waals surface area contributed by atoms with Gasteiger partial charge in [-0.2, -0.15) is 0 Å². The van der Waals surface area contributed by atoms with Crippen molar-refractivity contribution >= 4 is 21.8 Å². The summed E-state index contributed by atoms with van der Waals surface area (Å²) in [4.78, 5) is 12.4. The Kier molecular flexibility index (Phi) is 6.20. The lowest BCUT2D eigenvalue weighted by Crippen LogP contribution is -2.14. The van der Waals surface area contributed by atoms with Crippen molar-refractivity contribution in [2.24, 2.45) is 0 Å². The third-order valence-electron chi connectivity index (χ3n) is 4.20. The van der Waals surface area contributed by atoms with Crippen LogP contribution in [0, 0.1) is 0 Å². The van der Waals surface area contributed by atoms with Crippen LogP contribution >= 0.6 is 0 Å². The van der Waals surface area contributed by atoms with E-state index in [1.165, 1.54) is 5.56 Å². The van der Waals surface area contributed by atoms with Crippen LogP contribution < -0.4 is 5.32 Å². The highest BCUT2D eigenvalue weighted by molar-refractivity contribution is 7.91. The van der Waals surface area contributed by atoms with Crippen LogP contribution in [0.15, 0.2) is 63.9 Å². The maximum absolute atomic E-state index is 12.3. The Hall–Kier alpha value is -3.00. The molecule has 0 bridgehead atoms. The summed E-state index contributed by atoms with van der Waals surface area (Å²) in [5.74, 6) is -0.283. The summed E-state index contributed by atoms with van der Waals surface area (Å²) in [6.07, 6.45) is 1.19. The third-order valence-corrected chi connectivity index (χ3v) is 5.93. The van der Waals surface area contributed by atoms with E-state index >= 15 is 0 Å². The Labute approximate surface area is 163 Å². The second-order valence-corrected chi connectivity index (χ2v) is 8.39. The molecule has 8 heteroatoms. The second kappa shape index (κ2) is 8.79. The topological polar surface area (TPSA) is 102 Å². The molecule has 0 aliphatic heterocycles. The van der Waals surface area contributed by atoms with Crippen molar-refractivity contribution < 1.29 is 17.6 Å². The van der Waals surface area contributed by atoms with E-state index < -0.39 is 9.84 Å². The summed E-state index contributed by atoms with van der Waals surface area (Å²) in [6.45, 7) is 2.07. The van der Waals surface area contributed by atoms with Crippen LogP contribution in [0.2, 0.25) is 0 Å². The first-order valence-corrected chi connectivity index (χ1v) is 10.6. The quantitative estimate of drug-likeness (QED) is 0.625. The third kappa shape index (κ3) is 5.26. The van der Waals surface area contributed by atoms with Gasteiger partial charge in [-0.25, -0.2) is 8.42 Å². The van der Waals surface area contributed by atoms with Crippen LogP contribution in [0.25, 0.3) is 0 Å². The molecule has 0 radical (unpaired) electrons. The van der Waals surface area contributed by atoms with Gasteiger partial charge in [-0.05, 0) is 29.7 Å². The number of anilines is 1. The molecule has 0 saturated heterocycles. The van der Waals surface area contributed by atoms with E-state index in [1.54, 1.807) is 30.3 Å². The van der Waals surface area contributed by atoms with Crippen molar-refractivity contribution in [3.05, 3.63) is 71.6 Å². The van der Waals surface area contributed by atoms with E-state index in [4.69, 9.17) is 4.42 Å². The van der Waals surface area contributed by atoms with Gasteiger partial charge in [-0.3, -0.25) is 10.1 Å². The molecule has 0 atom stereocenters. The fourth-order valence-corrected chi connectivity index (χ4v) is 3.87. The number of aryl methyl sites for hydroxylation is 2. The van der Waals surface area contributed by atoms with Gasteiger partial charge in [-0.15, -0.1) is 5.10 Å². The summed E-state index contributed by atoms with van der Waals surface area (Å²) in [7, 11) is -3.43. The molecule has 0 aliphatic rings. The van der Waals surface area contributed by atoms with Crippen LogP contribution in [-0.4, -0.2) is 30.3 Å². The van der Waals surface area contributed by atoms with Crippen molar-refractivity contribution in [2.45, 2.75) is 31.1 Å². The molecule has 1 N–H and O–H groups in total. The number of hydrogen-bond donors (Lipinski definition) is 1. The largest absolute Gasteiger partial charge is 0.408 e. The first kappa shape index (κ1) is 19.8. The first-order valence-electron chi connectivity index (χ1n) is 8.94.